The summed E-state index contributed by atoms with van der Waals surface area (Å²) in [5, 5.41) is 1.57. The van der Waals surface area contributed by atoms with Crippen LogP contribution in [0.15, 0.2) is 41.6 Å². The molecule has 2 aromatic heterocycles. The zero-order valence-electron chi connectivity index (χ0n) is 18.0. The molecule has 0 spiro atoms. The largest absolute Gasteiger partial charge is 0.444 e. The number of pyridine rings is 1. The summed E-state index contributed by atoms with van der Waals surface area (Å²) in [7, 11) is 0. The third-order valence-corrected chi connectivity index (χ3v) is 5.57. The predicted octanol–water partition coefficient (Wildman–Crippen LogP) is 4.14. The first-order valence-electron chi connectivity index (χ1n) is 10.2. The first-order chi connectivity index (χ1) is 15.1. The lowest BCUT2D eigenvalue weighted by Gasteiger charge is -2.36. The van der Waals surface area contributed by atoms with Crippen molar-refractivity contribution in [2.24, 2.45) is 0 Å². The maximum Gasteiger partial charge on any atom is 0.410 e. The molecule has 168 valence electrons. The molecule has 1 fully saturated rings. The number of anilines is 1. The van der Waals surface area contributed by atoms with Crippen LogP contribution >= 0.6 is 23.2 Å². The minimum absolute atomic E-state index is 0.247. The van der Waals surface area contributed by atoms with Crippen LogP contribution in [0, 0.1) is 0 Å². The molecule has 4 rings (SSSR count). The van der Waals surface area contributed by atoms with Gasteiger partial charge in [0, 0.05) is 43.8 Å². The van der Waals surface area contributed by atoms with Crippen molar-refractivity contribution in [2.75, 3.05) is 31.1 Å². The Balaban J connectivity index is 1.61. The van der Waals surface area contributed by atoms with Crippen molar-refractivity contribution in [3.05, 3.63) is 57.2 Å². The number of halogens is 2. The van der Waals surface area contributed by atoms with Gasteiger partial charge in [0.1, 0.15) is 17.7 Å². The van der Waals surface area contributed by atoms with E-state index in [-0.39, 0.29) is 11.7 Å². The normalized spacial score (nSPS) is 14.7. The van der Waals surface area contributed by atoms with Gasteiger partial charge in [0.25, 0.3) is 5.56 Å². The first-order valence-corrected chi connectivity index (χ1v) is 10.9. The number of fused-ring (bicyclic) bond motifs is 1. The van der Waals surface area contributed by atoms with Gasteiger partial charge in [-0.25, -0.2) is 14.8 Å². The number of amides is 1. The Kier molecular flexibility index (Phi) is 6.01. The fourth-order valence-corrected chi connectivity index (χ4v) is 3.98. The number of carbonyl (C=O) groups is 1. The van der Waals surface area contributed by atoms with E-state index in [0.717, 1.165) is 11.2 Å². The van der Waals surface area contributed by atoms with Crippen LogP contribution in [-0.2, 0) is 4.74 Å². The fraction of sp³-hybridized carbons (Fsp3) is 0.364. The SMILES string of the molecule is CC(C)(C)OC(=O)N1CCN(c2ncnc3cc(-n4cc(Cl)ccc4=O)c(Cl)cc23)CC1. The topological polar surface area (TPSA) is 80.6 Å². The summed E-state index contributed by atoms with van der Waals surface area (Å²) in [6.45, 7) is 7.78. The molecule has 0 radical (unpaired) electrons. The van der Waals surface area contributed by atoms with E-state index in [1.807, 2.05) is 20.8 Å². The van der Waals surface area contributed by atoms with Gasteiger partial charge >= 0.3 is 6.09 Å². The summed E-state index contributed by atoms with van der Waals surface area (Å²) in [5.41, 5.74) is 0.362. The number of piperazine rings is 1. The molecule has 1 amide bonds. The Morgan fingerprint density at radius 1 is 1.06 bits per heavy atom. The fourth-order valence-electron chi connectivity index (χ4n) is 3.57. The van der Waals surface area contributed by atoms with Crippen molar-refractivity contribution >= 4 is 46.0 Å². The van der Waals surface area contributed by atoms with E-state index in [4.69, 9.17) is 27.9 Å². The molecule has 0 unspecified atom stereocenters. The third-order valence-electron chi connectivity index (χ3n) is 5.05. The van der Waals surface area contributed by atoms with Crippen LogP contribution in [0.25, 0.3) is 16.6 Å². The lowest BCUT2D eigenvalue weighted by atomic mass is 10.2. The molecule has 0 bridgehead atoms. The Morgan fingerprint density at radius 2 is 1.78 bits per heavy atom. The van der Waals surface area contributed by atoms with Crippen LogP contribution in [0.2, 0.25) is 10.0 Å². The average molecular weight is 476 g/mol. The highest BCUT2D eigenvalue weighted by atomic mass is 35.5. The Morgan fingerprint density at radius 3 is 2.47 bits per heavy atom. The van der Waals surface area contributed by atoms with Crippen molar-refractivity contribution in [2.45, 2.75) is 26.4 Å². The van der Waals surface area contributed by atoms with E-state index >= 15 is 0 Å². The number of hydrogen-bond acceptors (Lipinski definition) is 6. The summed E-state index contributed by atoms with van der Waals surface area (Å²) in [6.07, 6.45) is 2.69. The van der Waals surface area contributed by atoms with Gasteiger partial charge in [-0.05, 0) is 39.0 Å². The second-order valence-corrected chi connectivity index (χ2v) is 9.37. The van der Waals surface area contributed by atoms with E-state index in [2.05, 4.69) is 14.9 Å². The summed E-state index contributed by atoms with van der Waals surface area (Å²) < 4.78 is 6.86. The van der Waals surface area contributed by atoms with E-state index in [1.165, 1.54) is 29.2 Å². The summed E-state index contributed by atoms with van der Waals surface area (Å²) in [4.78, 5) is 37.3. The van der Waals surface area contributed by atoms with Crippen molar-refractivity contribution in [3.63, 3.8) is 0 Å². The molecule has 3 aromatic rings. The number of hydrogen-bond donors (Lipinski definition) is 0. The van der Waals surface area contributed by atoms with Crippen molar-refractivity contribution in [1.82, 2.24) is 19.4 Å². The molecule has 0 N–H and O–H groups in total. The van der Waals surface area contributed by atoms with Gasteiger partial charge in [0.2, 0.25) is 0 Å². The van der Waals surface area contributed by atoms with Gasteiger partial charge in [-0.15, -0.1) is 0 Å². The van der Waals surface area contributed by atoms with Gasteiger partial charge in [0.15, 0.2) is 0 Å². The molecule has 8 nitrogen and oxygen atoms in total. The van der Waals surface area contributed by atoms with E-state index in [0.29, 0.717) is 47.4 Å². The van der Waals surface area contributed by atoms with E-state index in [9.17, 15) is 9.59 Å². The maximum atomic E-state index is 12.3. The highest BCUT2D eigenvalue weighted by Crippen LogP contribution is 2.31. The number of carbonyl (C=O) groups excluding carboxylic acids is 1. The lowest BCUT2D eigenvalue weighted by Crippen LogP contribution is -2.50. The monoisotopic (exact) mass is 475 g/mol. The van der Waals surface area contributed by atoms with E-state index in [1.54, 1.807) is 17.0 Å². The minimum atomic E-state index is -0.531. The van der Waals surface area contributed by atoms with Gasteiger partial charge in [0.05, 0.1) is 21.2 Å². The Labute approximate surface area is 195 Å². The summed E-state index contributed by atoms with van der Waals surface area (Å²) in [6, 6.07) is 6.43. The van der Waals surface area contributed by atoms with E-state index < -0.39 is 5.60 Å². The summed E-state index contributed by atoms with van der Waals surface area (Å²) >= 11 is 12.6. The molecule has 0 saturated carbocycles. The molecule has 0 atom stereocenters. The van der Waals surface area contributed by atoms with Gasteiger partial charge in [-0.1, -0.05) is 23.2 Å². The second-order valence-electron chi connectivity index (χ2n) is 8.53. The highest BCUT2D eigenvalue weighted by Gasteiger charge is 2.27. The summed E-state index contributed by atoms with van der Waals surface area (Å²) in [5.74, 6) is 0.728. The van der Waals surface area contributed by atoms with Gasteiger partial charge < -0.3 is 14.5 Å². The van der Waals surface area contributed by atoms with Crippen LogP contribution < -0.4 is 10.5 Å². The lowest BCUT2D eigenvalue weighted by molar-refractivity contribution is 0.0240. The molecule has 1 aliphatic rings. The van der Waals surface area contributed by atoms with Crippen LogP contribution in [0.1, 0.15) is 20.8 Å². The number of benzene rings is 1. The average Bonchev–Trinajstić information content (AvgIpc) is 2.73. The molecule has 1 aliphatic heterocycles. The number of nitrogens with zero attached hydrogens (tertiary/aromatic N) is 5. The van der Waals surface area contributed by atoms with Crippen LogP contribution in [0.4, 0.5) is 10.6 Å². The molecule has 1 aromatic carbocycles. The minimum Gasteiger partial charge on any atom is -0.444 e. The maximum absolute atomic E-state index is 12.3. The molecular formula is C22H23Cl2N5O3. The van der Waals surface area contributed by atoms with Crippen molar-refractivity contribution in [3.8, 4) is 5.69 Å². The quantitative estimate of drug-likeness (QED) is 0.553. The number of rotatable bonds is 2. The van der Waals surface area contributed by atoms with Crippen LogP contribution in [0.3, 0.4) is 0 Å². The van der Waals surface area contributed by atoms with Crippen LogP contribution in [-0.4, -0.2) is 57.3 Å². The number of ether oxygens (including phenoxy) is 1. The highest BCUT2D eigenvalue weighted by molar-refractivity contribution is 6.33. The van der Waals surface area contributed by atoms with Gasteiger partial charge in [-0.3, -0.25) is 9.36 Å². The zero-order valence-corrected chi connectivity index (χ0v) is 19.5. The molecular weight excluding hydrogens is 453 g/mol. The number of aromatic nitrogens is 3. The predicted molar refractivity (Wildman–Crippen MR) is 125 cm³/mol. The zero-order chi connectivity index (χ0) is 23.0. The van der Waals surface area contributed by atoms with Crippen LogP contribution in [0.5, 0.6) is 0 Å². The smallest absolute Gasteiger partial charge is 0.410 e. The third kappa shape index (κ3) is 4.66. The molecule has 32 heavy (non-hydrogen) atoms. The van der Waals surface area contributed by atoms with Gasteiger partial charge in [-0.2, -0.15) is 0 Å². The Bertz CT molecular complexity index is 1230. The molecule has 10 heteroatoms. The first kappa shape index (κ1) is 22.4. The molecule has 3 heterocycles. The van der Waals surface area contributed by atoms with Crippen molar-refractivity contribution in [1.29, 1.82) is 0 Å². The molecule has 1 saturated heterocycles. The van der Waals surface area contributed by atoms with Crippen molar-refractivity contribution < 1.29 is 9.53 Å². The standard InChI is InChI=1S/C22H23Cl2N5O3/c1-22(2,3)32-21(31)28-8-6-27(7-9-28)20-15-10-16(24)18(11-17(15)25-13-26-20)29-12-14(23)4-5-19(29)30/h4-5,10-13H,6-9H2,1-3H3. The molecule has 0 aliphatic carbocycles. The Hall–Kier alpha value is -2.84. The second kappa shape index (κ2) is 8.60.